The van der Waals surface area contributed by atoms with Crippen molar-refractivity contribution >= 4 is 21.6 Å². The Morgan fingerprint density at radius 3 is 2.94 bits per heavy atom. The van der Waals surface area contributed by atoms with Crippen molar-refractivity contribution < 1.29 is 0 Å². The van der Waals surface area contributed by atoms with Crippen molar-refractivity contribution in [1.29, 1.82) is 0 Å². The van der Waals surface area contributed by atoms with Crippen LogP contribution in [0.5, 0.6) is 0 Å². The van der Waals surface area contributed by atoms with Crippen molar-refractivity contribution in [3.8, 4) is 0 Å². The molecule has 2 aromatic heterocycles. The number of hydrogen-bond donors (Lipinski definition) is 1. The first-order chi connectivity index (χ1) is 7.58. The van der Waals surface area contributed by atoms with Crippen LogP contribution < -0.4 is 11.3 Å². The van der Waals surface area contributed by atoms with Crippen LogP contribution in [0.25, 0.3) is 0 Å². The summed E-state index contributed by atoms with van der Waals surface area (Å²) in [5.41, 5.74) is 6.04. The minimum absolute atomic E-state index is 0.141. The second-order valence-electron chi connectivity index (χ2n) is 3.35. The van der Waals surface area contributed by atoms with Crippen LogP contribution in [-0.2, 0) is 13.6 Å². The summed E-state index contributed by atoms with van der Waals surface area (Å²) in [7, 11) is 1.77. The van der Waals surface area contributed by atoms with E-state index in [-0.39, 0.29) is 5.56 Å². The standard InChI is InChI=1S/C9H10BrN5O/c1-14-8(12-5-13-14)4-15-3-6(11)2-7(10)9(15)16/h2-3,5H,4,11H2,1H3. The monoisotopic (exact) mass is 283 g/mol. The predicted octanol–water partition coefficient (Wildman–Crippen LogP) is 0.370. The van der Waals surface area contributed by atoms with Crippen LogP contribution in [0.3, 0.4) is 0 Å². The molecule has 0 saturated carbocycles. The molecule has 0 aliphatic carbocycles. The quantitative estimate of drug-likeness (QED) is 0.864. The minimum atomic E-state index is -0.141. The molecule has 0 aromatic carbocycles. The number of anilines is 1. The van der Waals surface area contributed by atoms with Gasteiger partial charge in [0.15, 0.2) is 0 Å². The first-order valence-corrected chi connectivity index (χ1v) is 5.35. The lowest BCUT2D eigenvalue weighted by Gasteiger charge is -2.06. The van der Waals surface area contributed by atoms with Gasteiger partial charge in [0.1, 0.15) is 12.2 Å². The first kappa shape index (κ1) is 10.9. The van der Waals surface area contributed by atoms with Gasteiger partial charge in [-0.15, -0.1) is 0 Å². The van der Waals surface area contributed by atoms with Crippen LogP contribution >= 0.6 is 15.9 Å². The van der Waals surface area contributed by atoms with Crippen LogP contribution in [0.1, 0.15) is 5.82 Å². The van der Waals surface area contributed by atoms with Crippen LogP contribution in [0, 0.1) is 0 Å². The molecule has 0 amide bonds. The van der Waals surface area contributed by atoms with Gasteiger partial charge in [-0.3, -0.25) is 9.48 Å². The van der Waals surface area contributed by atoms with Gasteiger partial charge in [-0.25, -0.2) is 4.98 Å². The zero-order chi connectivity index (χ0) is 11.7. The third-order valence-electron chi connectivity index (χ3n) is 2.18. The van der Waals surface area contributed by atoms with Gasteiger partial charge in [0.2, 0.25) is 0 Å². The third kappa shape index (κ3) is 1.99. The van der Waals surface area contributed by atoms with Crippen molar-refractivity contribution in [2.24, 2.45) is 7.05 Å². The number of pyridine rings is 1. The summed E-state index contributed by atoms with van der Waals surface area (Å²) in [6.07, 6.45) is 3.03. The number of nitrogen functional groups attached to an aromatic ring is 1. The maximum Gasteiger partial charge on any atom is 0.265 e. The largest absolute Gasteiger partial charge is 0.398 e. The van der Waals surface area contributed by atoms with Gasteiger partial charge in [0.25, 0.3) is 5.56 Å². The molecule has 84 valence electrons. The lowest BCUT2D eigenvalue weighted by molar-refractivity contribution is 0.640. The molecule has 0 aliphatic rings. The highest BCUT2D eigenvalue weighted by atomic mass is 79.9. The Balaban J connectivity index is 2.43. The van der Waals surface area contributed by atoms with Crippen LogP contribution in [0.4, 0.5) is 5.69 Å². The van der Waals surface area contributed by atoms with E-state index in [4.69, 9.17) is 5.73 Å². The van der Waals surface area contributed by atoms with Crippen LogP contribution in [0.2, 0.25) is 0 Å². The molecular weight excluding hydrogens is 274 g/mol. The van der Waals surface area contributed by atoms with E-state index in [0.29, 0.717) is 22.5 Å². The summed E-state index contributed by atoms with van der Waals surface area (Å²) in [4.78, 5) is 15.8. The summed E-state index contributed by atoms with van der Waals surface area (Å²) >= 11 is 3.16. The minimum Gasteiger partial charge on any atom is -0.398 e. The number of aromatic nitrogens is 4. The van der Waals surface area contributed by atoms with E-state index in [1.165, 1.54) is 10.9 Å². The maximum absolute atomic E-state index is 11.8. The lowest BCUT2D eigenvalue weighted by Crippen LogP contribution is -2.22. The molecule has 7 heteroatoms. The highest BCUT2D eigenvalue weighted by Gasteiger charge is 2.06. The Hall–Kier alpha value is -1.63. The molecule has 0 fully saturated rings. The first-order valence-electron chi connectivity index (χ1n) is 4.56. The van der Waals surface area contributed by atoms with E-state index in [0.717, 1.165) is 0 Å². The van der Waals surface area contributed by atoms with Gasteiger partial charge in [0, 0.05) is 18.9 Å². The molecule has 16 heavy (non-hydrogen) atoms. The summed E-state index contributed by atoms with van der Waals surface area (Å²) in [5, 5.41) is 3.93. The van der Waals surface area contributed by atoms with Crippen molar-refractivity contribution in [2.45, 2.75) is 6.54 Å². The molecule has 0 spiro atoms. The maximum atomic E-state index is 11.8. The third-order valence-corrected chi connectivity index (χ3v) is 2.75. The molecular formula is C9H10BrN5O. The van der Waals surface area contributed by atoms with E-state index in [1.807, 2.05) is 0 Å². The Kier molecular flexibility index (Phi) is 2.78. The lowest BCUT2D eigenvalue weighted by atomic mass is 10.4. The number of aryl methyl sites for hydroxylation is 1. The zero-order valence-corrected chi connectivity index (χ0v) is 10.2. The Bertz CT molecular complexity index is 574. The highest BCUT2D eigenvalue weighted by Crippen LogP contribution is 2.08. The fraction of sp³-hybridized carbons (Fsp3) is 0.222. The fourth-order valence-corrected chi connectivity index (χ4v) is 1.85. The average Bonchev–Trinajstić information content (AvgIpc) is 2.60. The van der Waals surface area contributed by atoms with E-state index >= 15 is 0 Å². The van der Waals surface area contributed by atoms with Gasteiger partial charge in [-0.2, -0.15) is 5.10 Å². The molecule has 0 radical (unpaired) electrons. The molecule has 2 N–H and O–H groups in total. The summed E-state index contributed by atoms with van der Waals surface area (Å²) in [5.74, 6) is 0.694. The van der Waals surface area contributed by atoms with E-state index < -0.39 is 0 Å². The van der Waals surface area contributed by atoms with E-state index in [1.54, 1.807) is 24.0 Å². The van der Waals surface area contributed by atoms with Gasteiger partial charge in [0.05, 0.1) is 11.0 Å². The molecule has 0 aliphatic heterocycles. The second kappa shape index (κ2) is 4.09. The number of nitrogens with zero attached hydrogens (tertiary/aromatic N) is 4. The summed E-state index contributed by atoms with van der Waals surface area (Å²) in [6, 6.07) is 1.58. The molecule has 0 atom stereocenters. The summed E-state index contributed by atoms with van der Waals surface area (Å²) < 4.78 is 3.54. The Morgan fingerprint density at radius 2 is 2.31 bits per heavy atom. The molecule has 6 nitrogen and oxygen atoms in total. The fourth-order valence-electron chi connectivity index (χ4n) is 1.35. The van der Waals surface area contributed by atoms with Crippen molar-refractivity contribution in [1.82, 2.24) is 19.3 Å². The topological polar surface area (TPSA) is 78.7 Å². The normalized spacial score (nSPS) is 10.6. The number of nitrogens with two attached hydrogens (primary N) is 1. The average molecular weight is 284 g/mol. The van der Waals surface area contributed by atoms with Gasteiger partial charge in [-0.1, -0.05) is 0 Å². The smallest absolute Gasteiger partial charge is 0.265 e. The van der Waals surface area contributed by atoms with Crippen molar-refractivity contribution in [2.75, 3.05) is 5.73 Å². The number of rotatable bonds is 2. The molecule has 0 unspecified atom stereocenters. The Labute approximate surface area is 99.8 Å². The Morgan fingerprint density at radius 1 is 1.56 bits per heavy atom. The predicted molar refractivity (Wildman–Crippen MR) is 62.9 cm³/mol. The van der Waals surface area contributed by atoms with Gasteiger partial charge >= 0.3 is 0 Å². The molecule has 2 heterocycles. The van der Waals surface area contributed by atoms with Crippen molar-refractivity contribution in [3.05, 3.63) is 39.2 Å². The molecule has 0 saturated heterocycles. The van der Waals surface area contributed by atoms with E-state index in [2.05, 4.69) is 26.0 Å². The zero-order valence-electron chi connectivity index (χ0n) is 8.59. The second-order valence-corrected chi connectivity index (χ2v) is 4.21. The molecule has 2 rings (SSSR count). The van der Waals surface area contributed by atoms with Gasteiger partial charge in [-0.05, 0) is 22.0 Å². The molecule has 2 aromatic rings. The SMILES string of the molecule is Cn1ncnc1Cn1cc(N)cc(Br)c1=O. The highest BCUT2D eigenvalue weighted by molar-refractivity contribution is 9.10. The molecule has 0 bridgehead atoms. The van der Waals surface area contributed by atoms with Crippen LogP contribution in [-0.4, -0.2) is 19.3 Å². The van der Waals surface area contributed by atoms with Crippen LogP contribution in [0.15, 0.2) is 27.9 Å². The van der Waals surface area contributed by atoms with E-state index in [9.17, 15) is 4.79 Å². The number of hydrogen-bond acceptors (Lipinski definition) is 4. The van der Waals surface area contributed by atoms with Crippen molar-refractivity contribution in [3.63, 3.8) is 0 Å². The van der Waals surface area contributed by atoms with Gasteiger partial charge < -0.3 is 10.3 Å². The number of halogens is 1. The summed E-state index contributed by atoms with van der Waals surface area (Å²) in [6.45, 7) is 0.346.